The van der Waals surface area contributed by atoms with Crippen molar-refractivity contribution in [3.8, 4) is 22.5 Å². The van der Waals surface area contributed by atoms with Crippen LogP contribution in [-0.2, 0) is 6.42 Å². The number of aromatic amines is 1. The Kier molecular flexibility index (Phi) is 5.35. The van der Waals surface area contributed by atoms with Crippen molar-refractivity contribution >= 4 is 17.4 Å². The summed E-state index contributed by atoms with van der Waals surface area (Å²) in [4.78, 5) is 22.1. The number of nitrogens with two attached hydrogens (primary N) is 1. The van der Waals surface area contributed by atoms with Crippen LogP contribution >= 0.6 is 0 Å². The number of primary amides is 1. The van der Waals surface area contributed by atoms with Gasteiger partial charge in [-0.2, -0.15) is 5.21 Å². The van der Waals surface area contributed by atoms with Gasteiger partial charge in [-0.3, -0.25) is 10.1 Å². The molecule has 0 spiro atoms. The van der Waals surface area contributed by atoms with Crippen LogP contribution in [0.25, 0.3) is 22.5 Å². The van der Waals surface area contributed by atoms with Gasteiger partial charge in [-0.1, -0.05) is 42.5 Å². The molecular formula is C21H17N7O3. The number of nitro benzene ring substituents is 1. The van der Waals surface area contributed by atoms with Gasteiger partial charge >= 0.3 is 6.03 Å². The van der Waals surface area contributed by atoms with Gasteiger partial charge in [0.15, 0.2) is 0 Å². The van der Waals surface area contributed by atoms with Crippen LogP contribution < -0.4 is 11.1 Å². The van der Waals surface area contributed by atoms with E-state index in [0.29, 0.717) is 23.5 Å². The van der Waals surface area contributed by atoms with E-state index in [1.807, 2.05) is 48.5 Å². The molecule has 10 heteroatoms. The first-order valence-corrected chi connectivity index (χ1v) is 9.27. The van der Waals surface area contributed by atoms with Crippen LogP contribution in [0.3, 0.4) is 0 Å². The number of nitrogens with zero attached hydrogens (tertiary/aromatic N) is 4. The highest BCUT2D eigenvalue weighted by Gasteiger charge is 2.16. The Morgan fingerprint density at radius 1 is 1.06 bits per heavy atom. The van der Waals surface area contributed by atoms with Gasteiger partial charge in [0.05, 0.1) is 4.92 Å². The molecule has 4 rings (SSSR count). The second-order valence-electron chi connectivity index (χ2n) is 6.75. The molecule has 0 aliphatic rings. The molecule has 0 radical (unpaired) electrons. The maximum atomic E-state index is 11.4. The number of benzene rings is 3. The van der Waals surface area contributed by atoms with Gasteiger partial charge in [-0.05, 0) is 46.0 Å². The van der Waals surface area contributed by atoms with Gasteiger partial charge in [-0.25, -0.2) is 4.79 Å². The first-order valence-electron chi connectivity index (χ1n) is 9.27. The molecule has 4 N–H and O–H groups in total. The second kappa shape index (κ2) is 8.41. The molecule has 0 unspecified atom stereocenters. The summed E-state index contributed by atoms with van der Waals surface area (Å²) in [7, 11) is 0. The summed E-state index contributed by atoms with van der Waals surface area (Å²) in [5, 5.41) is 28.1. The number of nitro groups is 1. The maximum absolute atomic E-state index is 11.4. The summed E-state index contributed by atoms with van der Waals surface area (Å²) in [6, 6.07) is 19.0. The third kappa shape index (κ3) is 4.37. The number of tetrazole rings is 1. The number of urea groups is 1. The van der Waals surface area contributed by atoms with Gasteiger partial charge in [0.2, 0.25) is 5.82 Å². The molecule has 1 heterocycles. The van der Waals surface area contributed by atoms with Gasteiger partial charge in [0.25, 0.3) is 5.69 Å². The van der Waals surface area contributed by atoms with Crippen molar-refractivity contribution in [2.75, 3.05) is 5.32 Å². The Morgan fingerprint density at radius 3 is 2.55 bits per heavy atom. The van der Waals surface area contributed by atoms with Crippen LogP contribution in [0.15, 0.2) is 66.7 Å². The summed E-state index contributed by atoms with van der Waals surface area (Å²) in [6.07, 6.45) is 0.317. The first kappa shape index (κ1) is 19.7. The number of carbonyl (C=O) groups excluding carboxylic acids is 1. The number of anilines is 1. The summed E-state index contributed by atoms with van der Waals surface area (Å²) < 4.78 is 0. The Bertz CT molecular complexity index is 1240. The summed E-state index contributed by atoms with van der Waals surface area (Å²) in [5.74, 6) is 0.426. The second-order valence-corrected chi connectivity index (χ2v) is 6.75. The number of non-ortho nitro benzene ring substituents is 1. The number of H-pyrrole nitrogens is 1. The van der Waals surface area contributed by atoms with E-state index >= 15 is 0 Å². The highest BCUT2D eigenvalue weighted by Crippen LogP contribution is 2.32. The van der Waals surface area contributed by atoms with E-state index in [4.69, 9.17) is 5.73 Å². The van der Waals surface area contributed by atoms with E-state index in [-0.39, 0.29) is 5.69 Å². The number of amides is 2. The van der Waals surface area contributed by atoms with Crippen molar-refractivity contribution in [1.29, 1.82) is 0 Å². The minimum absolute atomic E-state index is 0.0793. The van der Waals surface area contributed by atoms with Crippen molar-refractivity contribution in [3.05, 3.63) is 88.0 Å². The predicted molar refractivity (Wildman–Crippen MR) is 114 cm³/mol. The fraction of sp³-hybridized carbons (Fsp3) is 0.0476. The normalized spacial score (nSPS) is 10.6. The van der Waals surface area contributed by atoms with Crippen LogP contribution in [0.4, 0.5) is 16.2 Å². The van der Waals surface area contributed by atoms with E-state index in [0.717, 1.165) is 22.3 Å². The fourth-order valence-electron chi connectivity index (χ4n) is 3.35. The highest BCUT2D eigenvalue weighted by molar-refractivity contribution is 5.89. The lowest BCUT2D eigenvalue weighted by molar-refractivity contribution is -0.384. The molecule has 0 aliphatic heterocycles. The molecule has 2 amide bonds. The zero-order valence-electron chi connectivity index (χ0n) is 16.1. The van der Waals surface area contributed by atoms with Gasteiger partial charge in [0.1, 0.15) is 0 Å². The number of nitrogens with one attached hydrogen (secondary N) is 2. The third-order valence-corrected chi connectivity index (χ3v) is 4.71. The largest absolute Gasteiger partial charge is 0.351 e. The molecule has 31 heavy (non-hydrogen) atoms. The molecule has 0 bridgehead atoms. The molecule has 4 aromatic rings. The Balaban J connectivity index is 1.78. The molecular weight excluding hydrogens is 398 g/mol. The van der Waals surface area contributed by atoms with E-state index < -0.39 is 11.0 Å². The van der Waals surface area contributed by atoms with Crippen molar-refractivity contribution in [1.82, 2.24) is 20.6 Å². The fourth-order valence-corrected chi connectivity index (χ4v) is 3.35. The molecule has 0 saturated carbocycles. The lowest BCUT2D eigenvalue weighted by atomic mass is 9.94. The quantitative estimate of drug-likeness (QED) is 0.323. The molecule has 0 saturated heterocycles. The number of hydrogen-bond acceptors (Lipinski definition) is 6. The van der Waals surface area contributed by atoms with Gasteiger partial charge in [0, 0.05) is 23.4 Å². The number of rotatable bonds is 6. The third-order valence-electron chi connectivity index (χ3n) is 4.71. The van der Waals surface area contributed by atoms with Crippen LogP contribution in [0.5, 0.6) is 0 Å². The molecule has 154 valence electrons. The van der Waals surface area contributed by atoms with E-state index in [1.165, 1.54) is 18.2 Å². The van der Waals surface area contributed by atoms with E-state index in [9.17, 15) is 14.9 Å². The predicted octanol–water partition coefficient (Wildman–Crippen LogP) is 3.52. The molecule has 0 fully saturated rings. The minimum Gasteiger partial charge on any atom is -0.351 e. The Labute approximate surface area is 176 Å². The number of hydrogen-bond donors (Lipinski definition) is 3. The summed E-state index contributed by atoms with van der Waals surface area (Å²) >= 11 is 0. The van der Waals surface area contributed by atoms with Crippen LogP contribution in [-0.4, -0.2) is 31.6 Å². The highest BCUT2D eigenvalue weighted by atomic mass is 16.6. The van der Waals surface area contributed by atoms with Crippen LogP contribution in [0.1, 0.15) is 11.1 Å². The monoisotopic (exact) mass is 415 g/mol. The number of aromatic nitrogens is 4. The van der Waals surface area contributed by atoms with Crippen molar-refractivity contribution < 1.29 is 9.72 Å². The lowest BCUT2D eigenvalue weighted by Crippen LogP contribution is -2.20. The SMILES string of the molecule is NC(=O)Nc1ccc([N+](=O)[O-])cc1Cc1ccc(-c2ccccc2)c(-c2nn[nH]n2)c1. The summed E-state index contributed by atoms with van der Waals surface area (Å²) in [5.41, 5.74) is 9.63. The zero-order chi connectivity index (χ0) is 21.8. The smallest absolute Gasteiger partial charge is 0.316 e. The standard InChI is InChI=1S/C21H17N7O3/c22-21(29)23-19-9-7-16(28(30)31)12-15(19)10-13-6-8-17(14-4-2-1-3-5-14)18(11-13)20-24-26-27-25-20/h1-9,11-12H,10H2,(H3,22,23,29)(H,24,25,26,27). The van der Waals surface area contributed by atoms with Crippen LogP contribution in [0, 0.1) is 10.1 Å². The molecule has 1 aromatic heterocycles. The molecule has 3 aromatic carbocycles. The van der Waals surface area contributed by atoms with E-state index in [2.05, 4.69) is 25.9 Å². The average molecular weight is 415 g/mol. The molecule has 10 nitrogen and oxygen atoms in total. The maximum Gasteiger partial charge on any atom is 0.316 e. The Hall–Kier alpha value is -4.60. The Morgan fingerprint density at radius 2 is 1.87 bits per heavy atom. The molecule has 0 aliphatic carbocycles. The topological polar surface area (TPSA) is 153 Å². The lowest BCUT2D eigenvalue weighted by Gasteiger charge is -2.13. The molecule has 0 atom stereocenters. The zero-order valence-corrected chi connectivity index (χ0v) is 16.1. The van der Waals surface area contributed by atoms with Gasteiger partial charge in [-0.15, -0.1) is 10.2 Å². The average Bonchev–Trinajstić information content (AvgIpc) is 3.30. The minimum atomic E-state index is -0.748. The van der Waals surface area contributed by atoms with Crippen molar-refractivity contribution in [3.63, 3.8) is 0 Å². The first-order chi connectivity index (χ1) is 15.0. The summed E-state index contributed by atoms with van der Waals surface area (Å²) in [6.45, 7) is 0. The number of carbonyl (C=O) groups is 1. The van der Waals surface area contributed by atoms with Crippen LogP contribution in [0.2, 0.25) is 0 Å². The van der Waals surface area contributed by atoms with Crippen molar-refractivity contribution in [2.45, 2.75) is 6.42 Å². The van der Waals surface area contributed by atoms with Crippen molar-refractivity contribution in [2.24, 2.45) is 5.73 Å². The van der Waals surface area contributed by atoms with Gasteiger partial charge < -0.3 is 11.1 Å². The van der Waals surface area contributed by atoms with E-state index in [1.54, 1.807) is 0 Å².